The highest BCUT2D eigenvalue weighted by atomic mass is 35.5. The molecule has 1 aliphatic rings. The quantitative estimate of drug-likeness (QED) is 0.870. The third-order valence-corrected chi connectivity index (χ3v) is 3.79. The molecule has 0 saturated carbocycles. The molecule has 0 saturated heterocycles. The van der Waals surface area contributed by atoms with Gasteiger partial charge in [0.25, 0.3) is 0 Å². The first-order valence-electron chi connectivity index (χ1n) is 7.18. The molecule has 22 heavy (non-hydrogen) atoms. The zero-order chi connectivity index (χ0) is 15.4. The number of ether oxygens (including phenoxy) is 1. The Morgan fingerprint density at radius 2 is 2.09 bits per heavy atom. The van der Waals surface area contributed by atoms with Gasteiger partial charge in [0.2, 0.25) is 5.91 Å². The largest absolute Gasteiger partial charge is 0.493 e. The monoisotopic (exact) mass is 313 g/mol. The van der Waals surface area contributed by atoms with Crippen LogP contribution >= 0.6 is 11.6 Å². The molecule has 0 radical (unpaired) electrons. The average Bonchev–Trinajstić information content (AvgIpc) is 2.53. The summed E-state index contributed by atoms with van der Waals surface area (Å²) in [7, 11) is 0. The fourth-order valence-electron chi connectivity index (χ4n) is 2.49. The van der Waals surface area contributed by atoms with E-state index in [1.807, 2.05) is 42.5 Å². The van der Waals surface area contributed by atoms with Crippen molar-refractivity contribution in [3.05, 3.63) is 70.8 Å². The van der Waals surface area contributed by atoms with Gasteiger partial charge < -0.3 is 10.1 Å². The number of carbonyl (C=O) groups is 1. The molecule has 112 valence electrons. The second-order valence-corrected chi connectivity index (χ2v) is 5.56. The van der Waals surface area contributed by atoms with Crippen molar-refractivity contribution in [1.29, 1.82) is 0 Å². The van der Waals surface area contributed by atoms with E-state index in [-0.39, 0.29) is 11.9 Å². The Morgan fingerprint density at radius 3 is 2.95 bits per heavy atom. The second-order valence-electron chi connectivity index (χ2n) is 5.12. The zero-order valence-corrected chi connectivity index (χ0v) is 12.7. The minimum atomic E-state index is -0.123. The number of para-hydroxylation sites is 1. The molecule has 1 N–H and O–H groups in total. The second kappa shape index (κ2) is 6.67. The number of amides is 1. The molecular weight excluding hydrogens is 298 g/mol. The zero-order valence-electron chi connectivity index (χ0n) is 12.0. The number of hydrogen-bond acceptors (Lipinski definition) is 2. The first-order valence-corrected chi connectivity index (χ1v) is 7.56. The van der Waals surface area contributed by atoms with E-state index in [4.69, 9.17) is 16.3 Å². The van der Waals surface area contributed by atoms with Gasteiger partial charge in [-0.15, -0.1) is 0 Å². The number of nitrogens with one attached hydrogen (secondary N) is 1. The summed E-state index contributed by atoms with van der Waals surface area (Å²) in [4.78, 5) is 12.1. The highest BCUT2D eigenvalue weighted by molar-refractivity contribution is 6.30. The summed E-state index contributed by atoms with van der Waals surface area (Å²) in [5, 5.41) is 3.67. The number of carbonyl (C=O) groups excluding carboxylic acids is 1. The molecule has 0 aromatic heterocycles. The average molecular weight is 314 g/mol. The Bertz CT molecular complexity index is 712. The Balaban J connectivity index is 1.68. The van der Waals surface area contributed by atoms with Crippen molar-refractivity contribution in [1.82, 2.24) is 5.32 Å². The molecule has 1 amide bonds. The van der Waals surface area contributed by atoms with Crippen LogP contribution in [0.4, 0.5) is 0 Å². The van der Waals surface area contributed by atoms with Crippen LogP contribution in [0, 0.1) is 0 Å². The van der Waals surface area contributed by atoms with Crippen molar-refractivity contribution in [2.45, 2.75) is 12.5 Å². The molecule has 2 aromatic rings. The van der Waals surface area contributed by atoms with Gasteiger partial charge in [-0.2, -0.15) is 0 Å². The van der Waals surface area contributed by atoms with Crippen LogP contribution in [-0.2, 0) is 4.79 Å². The van der Waals surface area contributed by atoms with E-state index < -0.39 is 0 Å². The standard InChI is InChI=1S/C18H16ClNO2/c19-14-5-3-4-13(12-14)8-9-18(21)20-16-10-11-22-17-7-2-1-6-15(16)17/h1-9,12,16H,10-11H2,(H,20,21)/b9-8+/t16-/m0/s1. The lowest BCUT2D eigenvalue weighted by molar-refractivity contribution is -0.117. The lowest BCUT2D eigenvalue weighted by Crippen LogP contribution is -2.30. The summed E-state index contributed by atoms with van der Waals surface area (Å²) in [5.41, 5.74) is 1.92. The SMILES string of the molecule is O=C(/C=C/c1cccc(Cl)c1)N[C@H]1CCOc2ccccc21. The summed E-state index contributed by atoms with van der Waals surface area (Å²) in [6.45, 7) is 0.611. The van der Waals surface area contributed by atoms with E-state index >= 15 is 0 Å². The van der Waals surface area contributed by atoms with E-state index in [9.17, 15) is 4.79 Å². The summed E-state index contributed by atoms with van der Waals surface area (Å²) in [6.07, 6.45) is 4.06. The van der Waals surface area contributed by atoms with Gasteiger partial charge in [0.05, 0.1) is 12.6 Å². The predicted molar refractivity (Wildman–Crippen MR) is 87.9 cm³/mol. The molecule has 1 aliphatic heterocycles. The van der Waals surface area contributed by atoms with Crippen LogP contribution in [0.3, 0.4) is 0 Å². The molecule has 0 spiro atoms. The molecule has 0 unspecified atom stereocenters. The molecule has 0 bridgehead atoms. The van der Waals surface area contributed by atoms with Crippen LogP contribution in [0.25, 0.3) is 6.08 Å². The van der Waals surface area contributed by atoms with Crippen molar-refractivity contribution in [3.8, 4) is 5.75 Å². The lowest BCUT2D eigenvalue weighted by Gasteiger charge is -2.26. The van der Waals surface area contributed by atoms with Crippen LogP contribution in [0.2, 0.25) is 5.02 Å². The van der Waals surface area contributed by atoms with Gasteiger partial charge in [-0.1, -0.05) is 41.9 Å². The summed E-state index contributed by atoms with van der Waals surface area (Å²) in [6, 6.07) is 15.2. The lowest BCUT2D eigenvalue weighted by atomic mass is 10.0. The molecule has 2 aromatic carbocycles. The van der Waals surface area contributed by atoms with Crippen LogP contribution in [0.1, 0.15) is 23.6 Å². The molecule has 3 rings (SSSR count). The highest BCUT2D eigenvalue weighted by Crippen LogP contribution is 2.31. The molecule has 3 nitrogen and oxygen atoms in total. The summed E-state index contributed by atoms with van der Waals surface area (Å²) in [5.74, 6) is 0.722. The summed E-state index contributed by atoms with van der Waals surface area (Å²) >= 11 is 5.92. The molecule has 1 atom stereocenters. The van der Waals surface area contributed by atoms with E-state index in [0.29, 0.717) is 11.6 Å². The summed E-state index contributed by atoms with van der Waals surface area (Å²) < 4.78 is 5.59. The van der Waals surface area contributed by atoms with E-state index in [0.717, 1.165) is 23.3 Å². The van der Waals surface area contributed by atoms with Gasteiger partial charge in [-0.3, -0.25) is 4.79 Å². The molecule has 1 heterocycles. The Morgan fingerprint density at radius 1 is 1.23 bits per heavy atom. The maximum atomic E-state index is 12.1. The van der Waals surface area contributed by atoms with Crippen LogP contribution < -0.4 is 10.1 Å². The van der Waals surface area contributed by atoms with E-state index in [1.54, 1.807) is 12.1 Å². The van der Waals surface area contributed by atoms with Gasteiger partial charge in [-0.25, -0.2) is 0 Å². The Kier molecular flexibility index (Phi) is 4.45. The van der Waals surface area contributed by atoms with Crippen molar-refractivity contribution in [2.24, 2.45) is 0 Å². The van der Waals surface area contributed by atoms with Crippen molar-refractivity contribution < 1.29 is 9.53 Å². The third-order valence-electron chi connectivity index (χ3n) is 3.55. The number of halogens is 1. The Hall–Kier alpha value is -2.26. The molecule has 0 aliphatic carbocycles. The number of benzene rings is 2. The van der Waals surface area contributed by atoms with Gasteiger partial charge in [0.15, 0.2) is 0 Å². The first kappa shape index (κ1) is 14.7. The van der Waals surface area contributed by atoms with Crippen LogP contribution in [-0.4, -0.2) is 12.5 Å². The van der Waals surface area contributed by atoms with Gasteiger partial charge in [-0.05, 0) is 29.8 Å². The predicted octanol–water partition coefficient (Wildman–Crippen LogP) is 3.99. The van der Waals surface area contributed by atoms with E-state index in [1.165, 1.54) is 6.08 Å². The van der Waals surface area contributed by atoms with Gasteiger partial charge >= 0.3 is 0 Å². The smallest absolute Gasteiger partial charge is 0.244 e. The maximum Gasteiger partial charge on any atom is 0.244 e. The molecule has 0 fully saturated rings. The minimum absolute atomic E-state index is 0.0125. The van der Waals surface area contributed by atoms with Gasteiger partial charge in [0, 0.05) is 23.1 Å². The minimum Gasteiger partial charge on any atom is -0.493 e. The topological polar surface area (TPSA) is 38.3 Å². The Labute approximate surface area is 134 Å². The fraction of sp³-hybridized carbons (Fsp3) is 0.167. The first-order chi connectivity index (χ1) is 10.7. The van der Waals surface area contributed by atoms with Crippen molar-refractivity contribution in [3.63, 3.8) is 0 Å². The highest BCUT2D eigenvalue weighted by Gasteiger charge is 2.21. The van der Waals surface area contributed by atoms with Crippen LogP contribution in [0.15, 0.2) is 54.6 Å². The third kappa shape index (κ3) is 3.49. The maximum absolute atomic E-state index is 12.1. The number of hydrogen-bond donors (Lipinski definition) is 1. The molecular formula is C18H16ClNO2. The normalized spacial score (nSPS) is 16.9. The number of rotatable bonds is 3. The van der Waals surface area contributed by atoms with Crippen LogP contribution in [0.5, 0.6) is 5.75 Å². The van der Waals surface area contributed by atoms with Gasteiger partial charge in [0.1, 0.15) is 5.75 Å². The van der Waals surface area contributed by atoms with Crippen molar-refractivity contribution in [2.75, 3.05) is 6.61 Å². The number of fused-ring (bicyclic) bond motifs is 1. The molecule has 4 heteroatoms. The fourth-order valence-corrected chi connectivity index (χ4v) is 2.69. The van der Waals surface area contributed by atoms with E-state index in [2.05, 4.69) is 5.32 Å². The van der Waals surface area contributed by atoms with Crippen molar-refractivity contribution >= 4 is 23.6 Å².